The Morgan fingerprint density at radius 3 is 0.900 bits per heavy atom. The van der Waals surface area contributed by atoms with E-state index in [1.807, 2.05) is 0 Å². The third-order valence-electron chi connectivity index (χ3n) is 0.265. The normalized spacial score (nSPS) is 13.8. The van der Waals surface area contributed by atoms with E-state index in [1.54, 1.807) is 0 Å². The van der Waals surface area contributed by atoms with Crippen molar-refractivity contribution in [1.82, 2.24) is 0 Å². The van der Waals surface area contributed by atoms with E-state index < -0.39 is 18.1 Å². The molecule has 0 aromatic heterocycles. The van der Waals surface area contributed by atoms with Gasteiger partial charge in [0.1, 0.15) is 0 Å². The molecule has 0 bridgehead atoms. The molecule has 0 aliphatic rings. The molecule has 0 aliphatic carbocycles. The van der Waals surface area contributed by atoms with Gasteiger partial charge in [-0.15, -0.1) is 0 Å². The van der Waals surface area contributed by atoms with E-state index in [4.69, 9.17) is 28.8 Å². The second kappa shape index (κ2) is 3.01. The van der Waals surface area contributed by atoms with Gasteiger partial charge in [-0.05, 0) is 0 Å². The van der Waals surface area contributed by atoms with Gasteiger partial charge in [0.05, 0.1) is 0 Å². The molecular formula is H6O8Si2. The second-order valence-corrected chi connectivity index (χ2v) is 3.94. The Morgan fingerprint density at radius 1 is 0.600 bits per heavy atom. The van der Waals surface area contributed by atoms with E-state index >= 15 is 0 Å². The van der Waals surface area contributed by atoms with Gasteiger partial charge < -0.3 is 28.8 Å². The minimum absolute atomic E-state index is 3.21. The van der Waals surface area contributed by atoms with Gasteiger partial charge in [0.2, 0.25) is 0 Å². The minimum atomic E-state index is -4.93. The summed E-state index contributed by atoms with van der Waals surface area (Å²) in [6.07, 6.45) is 0. The molecule has 0 aromatic carbocycles. The third-order valence-corrected chi connectivity index (χ3v) is 1.05. The summed E-state index contributed by atoms with van der Waals surface area (Å²) >= 11 is 0. The van der Waals surface area contributed by atoms with Crippen LogP contribution in [0.5, 0.6) is 0 Å². The van der Waals surface area contributed by atoms with Crippen molar-refractivity contribution in [3.05, 3.63) is 0 Å². The van der Waals surface area contributed by atoms with Crippen molar-refractivity contribution in [3.8, 4) is 0 Å². The summed E-state index contributed by atoms with van der Waals surface area (Å²) in [4.78, 5) is 47.8. The molecule has 6 N–H and O–H groups in total. The Bertz CT molecular complexity index is 80.8. The lowest BCUT2D eigenvalue weighted by Gasteiger charge is -2.11. The van der Waals surface area contributed by atoms with Crippen LogP contribution in [0, 0.1) is 0 Å². The average Bonchev–Trinajstić information content (AvgIpc) is 1.57. The third kappa shape index (κ3) is 8.11. The van der Waals surface area contributed by atoms with Crippen LogP contribution in [0.25, 0.3) is 0 Å². The van der Waals surface area contributed by atoms with Crippen molar-refractivity contribution in [2.24, 2.45) is 0 Å². The lowest BCUT2D eigenvalue weighted by Crippen LogP contribution is -2.47. The number of rotatable bonds is 3. The fourth-order valence-corrected chi connectivity index (χ4v) is 1.01. The zero-order valence-corrected chi connectivity index (χ0v) is 6.50. The minimum Gasteiger partial charge on any atom is -0.366 e. The molecule has 10 heavy (non-hydrogen) atoms. The van der Waals surface area contributed by atoms with Gasteiger partial charge in [0.25, 0.3) is 0 Å². The van der Waals surface area contributed by atoms with Crippen LogP contribution in [0.15, 0.2) is 0 Å². The van der Waals surface area contributed by atoms with Gasteiger partial charge in [-0.25, -0.2) is 9.15 Å². The van der Waals surface area contributed by atoms with Crippen LogP contribution in [0.1, 0.15) is 0 Å². The van der Waals surface area contributed by atoms with Gasteiger partial charge in [-0.1, -0.05) is 0 Å². The first-order valence-corrected chi connectivity index (χ1v) is 5.42. The van der Waals surface area contributed by atoms with Crippen molar-refractivity contribution in [2.75, 3.05) is 0 Å². The lowest BCUT2D eigenvalue weighted by molar-refractivity contribution is -0.232. The Labute approximate surface area is 57.0 Å². The summed E-state index contributed by atoms with van der Waals surface area (Å²) in [7, 11) is -9.87. The lowest BCUT2D eigenvalue weighted by atomic mass is 14.9. The molecule has 0 heterocycles. The van der Waals surface area contributed by atoms with E-state index in [9.17, 15) is 0 Å². The highest BCUT2D eigenvalue weighted by molar-refractivity contribution is 6.51. The maximum atomic E-state index is 7.97. The first-order chi connectivity index (χ1) is 4.21. The zero-order chi connectivity index (χ0) is 8.41. The fraction of sp³-hybridized carbons (Fsp3) is 0. The highest BCUT2D eigenvalue weighted by Gasteiger charge is 2.41. The highest BCUT2D eigenvalue weighted by atomic mass is 28.4. The van der Waals surface area contributed by atoms with Gasteiger partial charge in [-0.2, -0.15) is 0 Å². The van der Waals surface area contributed by atoms with Crippen LogP contribution in [0.4, 0.5) is 0 Å². The molecule has 0 atom stereocenters. The van der Waals surface area contributed by atoms with E-state index in [2.05, 4.69) is 9.15 Å². The fourth-order valence-electron chi connectivity index (χ4n) is 0.112. The van der Waals surface area contributed by atoms with Crippen LogP contribution >= 0.6 is 0 Å². The van der Waals surface area contributed by atoms with Crippen molar-refractivity contribution < 1.29 is 37.9 Å². The van der Waals surface area contributed by atoms with Crippen molar-refractivity contribution >= 4 is 18.1 Å². The van der Waals surface area contributed by atoms with Crippen LogP contribution < -0.4 is 0 Å². The maximum Gasteiger partial charge on any atom is 0.698 e. The molecule has 0 amide bonds. The smallest absolute Gasteiger partial charge is 0.366 e. The molecule has 0 saturated heterocycles. The topological polar surface area (TPSA) is 140 Å². The molecule has 8 nitrogen and oxygen atoms in total. The van der Waals surface area contributed by atoms with Crippen LogP contribution in [0.3, 0.4) is 0 Å². The Balaban J connectivity index is 3.56. The Morgan fingerprint density at radius 2 is 0.800 bits per heavy atom. The molecule has 10 heteroatoms. The molecule has 0 aromatic rings. The number of hydrogen-bond donors (Lipinski definition) is 6. The summed E-state index contributed by atoms with van der Waals surface area (Å²) < 4.78 is 6.42. The van der Waals surface area contributed by atoms with Crippen molar-refractivity contribution in [1.29, 1.82) is 0 Å². The average molecular weight is 190 g/mol. The van der Waals surface area contributed by atoms with Gasteiger partial charge >= 0.3 is 18.1 Å². The van der Waals surface area contributed by atoms with Crippen LogP contribution in [-0.2, 0) is 9.15 Å². The molecule has 62 valence electrons. The Hall–Kier alpha value is 0.114. The van der Waals surface area contributed by atoms with E-state index in [1.165, 1.54) is 0 Å². The molecule has 0 spiro atoms. The van der Waals surface area contributed by atoms with E-state index in [0.29, 0.717) is 0 Å². The molecule has 0 aliphatic heterocycles. The SMILES string of the molecule is O[Si](O)(O)OO[Si](O)(O)O. The zero-order valence-electron chi connectivity index (χ0n) is 4.50. The van der Waals surface area contributed by atoms with Gasteiger partial charge in [0, 0.05) is 0 Å². The van der Waals surface area contributed by atoms with Crippen molar-refractivity contribution in [2.45, 2.75) is 0 Å². The van der Waals surface area contributed by atoms with Gasteiger partial charge in [0.15, 0.2) is 0 Å². The molecular weight excluding hydrogens is 184 g/mol. The summed E-state index contributed by atoms with van der Waals surface area (Å²) in [6.45, 7) is 0. The van der Waals surface area contributed by atoms with Crippen LogP contribution in [-0.4, -0.2) is 46.9 Å². The number of hydrogen-bond acceptors (Lipinski definition) is 8. The predicted molar refractivity (Wildman–Crippen MR) is 27.0 cm³/mol. The van der Waals surface area contributed by atoms with Crippen LogP contribution in [0.2, 0.25) is 0 Å². The molecule has 0 saturated carbocycles. The molecule has 0 radical (unpaired) electrons. The maximum absolute atomic E-state index is 7.97. The highest BCUT2D eigenvalue weighted by Crippen LogP contribution is 1.95. The molecule has 0 rings (SSSR count). The monoisotopic (exact) mass is 190 g/mol. The largest absolute Gasteiger partial charge is 0.698 e. The first kappa shape index (κ1) is 10.1. The summed E-state index contributed by atoms with van der Waals surface area (Å²) in [5, 5.41) is 0. The van der Waals surface area contributed by atoms with Gasteiger partial charge in [-0.3, -0.25) is 0 Å². The summed E-state index contributed by atoms with van der Waals surface area (Å²) in [6, 6.07) is 0. The van der Waals surface area contributed by atoms with Crippen molar-refractivity contribution in [3.63, 3.8) is 0 Å². The quantitative estimate of drug-likeness (QED) is 0.149. The molecule has 0 fully saturated rings. The Kier molecular flexibility index (Phi) is 3.05. The first-order valence-electron chi connectivity index (χ1n) is 1.92. The second-order valence-electron chi connectivity index (χ2n) is 1.31. The van der Waals surface area contributed by atoms with E-state index in [0.717, 1.165) is 0 Å². The standard InChI is InChI=1S/H6O8Si2/c1-9(2,3)7-8-10(4,5)6/h1-6H. The molecule has 0 unspecified atom stereocenters. The summed E-state index contributed by atoms with van der Waals surface area (Å²) in [5.74, 6) is 0. The van der Waals surface area contributed by atoms with E-state index in [-0.39, 0.29) is 0 Å². The predicted octanol–water partition coefficient (Wildman–Crippen LogP) is -4.24. The summed E-state index contributed by atoms with van der Waals surface area (Å²) in [5.41, 5.74) is 0.